The monoisotopic (exact) mass is 1520 g/mol. The Kier molecular flexibility index (Phi) is 36.8. The van der Waals surface area contributed by atoms with E-state index in [1.807, 2.05) is 85.8 Å². The van der Waals surface area contributed by atoms with E-state index in [1.54, 1.807) is 23.8 Å². The van der Waals surface area contributed by atoms with Crippen LogP contribution in [0.3, 0.4) is 0 Å². The third kappa shape index (κ3) is 24.8. The number of β-lactam (4-membered cyclic amide) rings is 2. The third-order valence-corrected chi connectivity index (χ3v) is 56.8. The molecule has 7 atom stereocenters. The van der Waals surface area contributed by atoms with Gasteiger partial charge in [-0.2, -0.15) is 6.42 Å². The van der Waals surface area contributed by atoms with E-state index < -0.39 is 92.7 Å². The Morgan fingerprint density at radius 1 is 0.526 bits per heavy atom. The Balaban J connectivity index is 0.000000491. The molecule has 2 aromatic rings. The fourth-order valence-corrected chi connectivity index (χ4v) is 31.2. The maximum atomic E-state index is 13.3. The van der Waals surface area contributed by atoms with Gasteiger partial charge in [0.1, 0.15) is 54.3 Å². The molecule has 0 saturated carbocycles. The van der Waals surface area contributed by atoms with Crippen LogP contribution in [0.5, 0.6) is 0 Å². The molecule has 550 valence electrons. The molecule has 1 N–H and O–H groups in total. The zero-order chi connectivity index (χ0) is 73.0. The number of nitrogens with zero attached hydrogens (tertiary/aromatic N) is 2. The van der Waals surface area contributed by atoms with Gasteiger partial charge in [0, 0.05) is 13.2 Å². The first-order valence-electron chi connectivity index (χ1n) is 37.1. The predicted molar refractivity (Wildman–Crippen MR) is 413 cm³/mol. The quantitative estimate of drug-likeness (QED) is 0.0416. The molecule has 3 fully saturated rings. The summed E-state index contributed by atoms with van der Waals surface area (Å²) in [6.45, 7) is 63.4. The molecule has 3 saturated heterocycles. The number of ether oxygens (including phenoxy) is 1. The van der Waals surface area contributed by atoms with Gasteiger partial charge in [0.05, 0.1) is 12.8 Å². The van der Waals surface area contributed by atoms with Crippen LogP contribution < -0.4 is 18.9 Å². The van der Waals surface area contributed by atoms with Crippen LogP contribution in [-0.2, 0) is 59.7 Å². The number of hydrogen-bond acceptors (Lipinski definition) is 11. The molecule has 2 aliphatic carbocycles. The van der Waals surface area contributed by atoms with Crippen molar-refractivity contribution in [2.24, 2.45) is 0 Å². The van der Waals surface area contributed by atoms with Crippen LogP contribution in [0.4, 0.5) is 0 Å². The summed E-state index contributed by atoms with van der Waals surface area (Å²) in [5, 5.41) is 14.6. The number of carbonyl (C=O) groups excluding carboxylic acids is 3. The van der Waals surface area contributed by atoms with Gasteiger partial charge in [-0.1, -0.05) is 176 Å². The Morgan fingerprint density at radius 3 is 1.19 bits per heavy atom. The van der Waals surface area contributed by atoms with E-state index in [2.05, 4.69) is 177 Å². The molecule has 2 aromatic carbocycles. The number of carbonyl (C=O) groups is 3. The normalized spacial score (nSPS) is 23.8. The molecule has 13 nitrogen and oxygen atoms in total. The number of unbranched alkanes of at least 4 members (excludes halogenated alkanes) is 4. The average Bonchev–Trinajstić information content (AvgIpc) is 0.784. The molecule has 7 rings (SSSR count). The summed E-state index contributed by atoms with van der Waals surface area (Å²) in [7, 11) is -9.33. The van der Waals surface area contributed by atoms with E-state index in [-0.39, 0.29) is 82.7 Å². The van der Waals surface area contributed by atoms with Crippen molar-refractivity contribution in [3.05, 3.63) is 103 Å². The second-order valence-corrected chi connectivity index (χ2v) is 68.1. The van der Waals surface area contributed by atoms with Crippen molar-refractivity contribution in [2.45, 2.75) is 353 Å². The summed E-state index contributed by atoms with van der Waals surface area (Å²) in [5.41, 5.74) is -0.970. The molecule has 0 bridgehead atoms. The zero-order valence-corrected chi connectivity index (χ0v) is 73.7. The van der Waals surface area contributed by atoms with Crippen LogP contribution in [0.2, 0.25) is 90.3 Å². The summed E-state index contributed by atoms with van der Waals surface area (Å²) in [4.78, 5) is 51.5. The molecule has 0 aromatic heterocycles. The van der Waals surface area contributed by atoms with Crippen LogP contribution in [0.25, 0.3) is 0 Å². The van der Waals surface area contributed by atoms with Crippen LogP contribution in [0, 0.1) is 6.92 Å². The molecule has 0 unspecified atom stereocenters. The predicted octanol–water partition coefficient (Wildman–Crippen LogP) is 17.9. The first-order valence-corrected chi connectivity index (χ1v) is 56.8. The van der Waals surface area contributed by atoms with Crippen molar-refractivity contribution in [3.8, 4) is 0 Å². The Morgan fingerprint density at radius 2 is 0.876 bits per heavy atom. The summed E-state index contributed by atoms with van der Waals surface area (Å²) < 4.78 is 39.5. The second-order valence-electron chi connectivity index (χ2n) is 34.2. The molecule has 3 aliphatic heterocycles. The van der Waals surface area contributed by atoms with Gasteiger partial charge in [-0.25, -0.2) is 10.1 Å². The Bertz CT molecular complexity index is 2690. The molecule has 0 radical (unpaired) electrons. The fourth-order valence-electron chi connectivity index (χ4n) is 11.4. The first-order chi connectivity index (χ1) is 44.4. The molecule has 3 heterocycles. The summed E-state index contributed by atoms with van der Waals surface area (Å²) in [6, 6.07) is 19.6. The maximum Gasteiger partial charge on any atom is 1.00 e. The van der Waals surface area contributed by atoms with E-state index in [9.17, 15) is 19.5 Å². The minimum atomic E-state index is -2.34. The van der Waals surface area contributed by atoms with Gasteiger partial charge in [-0.15, -0.1) is 0 Å². The minimum Gasteiger partial charge on any atom is -0.408 e. The van der Waals surface area contributed by atoms with Gasteiger partial charge in [-0.3, -0.25) is 24.1 Å². The van der Waals surface area contributed by atoms with Gasteiger partial charge in [0.2, 0.25) is 11.8 Å². The molecule has 2 amide bonds. The van der Waals surface area contributed by atoms with Crippen molar-refractivity contribution in [3.63, 3.8) is 0 Å². The number of benzene rings is 2. The number of aliphatic hydroxyl groups is 1. The minimum absolute atomic E-state index is 0. The van der Waals surface area contributed by atoms with Crippen LogP contribution in [0.1, 0.15) is 219 Å². The molecule has 2 spiro atoms. The standard InChI is InChI=1S/C29H49NO5Si2.C27H43NO5Si2.C4H8O.4C4H9.C2H5.Li.Sn/c1-12-29(32)19-18-28(20-23(31)30(28)33-21-22-16-14-13-15-17-22)24(34-36(8,9)26(2,3)4)25(29)35-37(10,11)27(5,6)7;1-25(2,3)34(7,8)32-23-21(29)16-17-27(24(23)33-35(9,10)26(4,5)6)18-22(30)28(27)31-19-20-14-12-11-13-15-20;1-2-4-5-3-1;4*1-3-4-2;1-2;;/h13-19,24-25,32H,12,20-21H2,1-11H3;11-17,23-24H,18-19H2,1-10H3;1-4H2;4*1,3-4H2,2H3;1H2,2H3;;/q;;;;;;-1;;+1;/t24-,25+,28+,29-;23-,24-,27+;;;;;;;;/m11......../s1. The zero-order valence-electron chi connectivity index (χ0n) is 66.9. The Hall–Kier alpha value is -1.53. The van der Waals surface area contributed by atoms with Crippen molar-refractivity contribution in [1.82, 2.24) is 10.1 Å². The van der Waals surface area contributed by atoms with Crippen LogP contribution in [0.15, 0.2) is 85.0 Å². The molecular weight excluding hydrogens is 1380 g/mol. The number of rotatable bonds is 26. The molecular formula is C78H141LiN2O11Si4Sn. The summed E-state index contributed by atoms with van der Waals surface area (Å²) >= 11 is -1.62. The number of ketones is 1. The fraction of sp³-hybridized carbons (Fsp3) is 0.744. The SMILES string of the molecule is C1CCOC1.CC(C)(C)[Si](C)(C)O[C@@H]1C(=O)C=C[C@]2(CC(=O)N2OCc2ccccc2)[C@@H]1O[Si](C)(C)C(C)(C)C.CCC[CH2][Sn]([CH2]C)([CH2]CCC)[CH2]CCC.CC[C@@]1(O)C=C[C@]2(CC(=O)N2OCc2ccccc2)[C@H](O[Si](C)(C)C(C)(C)C)[C@@H]1O[Si](C)(C)C(C)(C)C.[CH2-]CCC.[Li+]. The van der Waals surface area contributed by atoms with Gasteiger partial charge in [-0.05, 0) is 115 Å². The van der Waals surface area contributed by atoms with E-state index in [1.165, 1.54) is 67.9 Å². The summed E-state index contributed by atoms with van der Waals surface area (Å²) in [5.74, 6) is -0.307. The molecule has 19 heteroatoms. The number of hydroxylamine groups is 4. The largest absolute Gasteiger partial charge is 1.00 e. The van der Waals surface area contributed by atoms with Crippen LogP contribution >= 0.6 is 0 Å². The van der Waals surface area contributed by atoms with Crippen LogP contribution in [-0.4, -0.2) is 139 Å². The van der Waals surface area contributed by atoms with E-state index in [0.29, 0.717) is 6.42 Å². The van der Waals surface area contributed by atoms with Crippen molar-refractivity contribution in [1.29, 1.82) is 0 Å². The number of hydrogen-bond donors (Lipinski definition) is 1. The van der Waals surface area contributed by atoms with Crippen molar-refractivity contribution >= 4 is 69.2 Å². The smallest absolute Gasteiger partial charge is 0.408 e. The van der Waals surface area contributed by atoms with Crippen molar-refractivity contribution < 1.29 is 70.5 Å². The molecule has 5 aliphatic rings. The third-order valence-electron chi connectivity index (χ3n) is 22.6. The van der Waals surface area contributed by atoms with Gasteiger partial charge in [0.25, 0.3) is 0 Å². The Labute approximate surface area is 614 Å². The maximum absolute atomic E-state index is 13.3. The van der Waals surface area contributed by atoms with E-state index >= 15 is 0 Å². The van der Waals surface area contributed by atoms with E-state index in [0.717, 1.165) is 30.8 Å². The van der Waals surface area contributed by atoms with Gasteiger partial charge < -0.3 is 34.5 Å². The van der Waals surface area contributed by atoms with Gasteiger partial charge in [0.15, 0.2) is 39.1 Å². The van der Waals surface area contributed by atoms with E-state index in [4.69, 9.17) is 32.1 Å². The number of amides is 2. The molecule has 97 heavy (non-hydrogen) atoms. The van der Waals surface area contributed by atoms with Gasteiger partial charge >= 0.3 is 121 Å². The summed E-state index contributed by atoms with van der Waals surface area (Å²) in [6.07, 6.45) is 19.2. The average molecular weight is 1520 g/mol. The van der Waals surface area contributed by atoms with Crippen molar-refractivity contribution in [2.75, 3.05) is 13.2 Å². The first kappa shape index (κ1) is 91.6. The second kappa shape index (κ2) is 39.0. The topological polar surface area (TPSA) is 143 Å².